The van der Waals surface area contributed by atoms with E-state index in [4.69, 9.17) is 14.2 Å². The Kier molecular flexibility index (Phi) is 11.9. The van der Waals surface area contributed by atoms with Crippen LogP contribution in [0.25, 0.3) is 0 Å². The zero-order valence-electron chi connectivity index (χ0n) is 24.0. The third-order valence-electron chi connectivity index (χ3n) is 6.97. The molecule has 3 heterocycles. The molecule has 2 N–H and O–H groups in total. The van der Waals surface area contributed by atoms with E-state index >= 15 is 0 Å². The molecule has 1 saturated heterocycles. The number of fused-ring (bicyclic) bond motifs is 1. The van der Waals surface area contributed by atoms with Gasteiger partial charge in [-0.25, -0.2) is 4.98 Å². The number of nitrogens with one attached hydrogen (secondary N) is 2. The van der Waals surface area contributed by atoms with Gasteiger partial charge in [-0.3, -0.25) is 14.5 Å². The van der Waals surface area contributed by atoms with E-state index in [1.807, 2.05) is 26.1 Å². The molecule has 214 valence electrons. The molecule has 0 atom stereocenters. The summed E-state index contributed by atoms with van der Waals surface area (Å²) in [5.74, 6) is 1.89. The van der Waals surface area contributed by atoms with Gasteiger partial charge in [0.1, 0.15) is 0 Å². The van der Waals surface area contributed by atoms with Gasteiger partial charge in [-0.15, -0.1) is 0 Å². The maximum absolute atomic E-state index is 12.3. The molecule has 39 heavy (non-hydrogen) atoms. The van der Waals surface area contributed by atoms with Crippen LogP contribution >= 0.6 is 0 Å². The van der Waals surface area contributed by atoms with Crippen molar-refractivity contribution in [3.8, 4) is 17.4 Å². The Labute approximate surface area is 232 Å². The smallest absolute Gasteiger partial charge is 0.251 e. The molecule has 9 nitrogen and oxygen atoms in total. The van der Waals surface area contributed by atoms with Gasteiger partial charge in [0.15, 0.2) is 11.5 Å². The number of aromatic nitrogens is 1. The lowest BCUT2D eigenvalue weighted by Gasteiger charge is -2.46. The van der Waals surface area contributed by atoms with Gasteiger partial charge in [-0.05, 0) is 55.4 Å². The van der Waals surface area contributed by atoms with Gasteiger partial charge in [0.25, 0.3) is 5.91 Å². The molecular formula is C30H44N4O5. The zero-order valence-corrected chi connectivity index (χ0v) is 24.0. The van der Waals surface area contributed by atoms with Crippen molar-refractivity contribution in [2.45, 2.75) is 77.8 Å². The van der Waals surface area contributed by atoms with Crippen molar-refractivity contribution in [1.82, 2.24) is 20.5 Å². The predicted octanol–water partition coefficient (Wildman–Crippen LogP) is 4.52. The standard InChI is InChI=1S/C25H30N4O5.C3H8.C2H6/c1-32-24-9-5-18(11-26-24)16-2-6-20(7-3-16)29-13-19(14-29)28-23(30)12-27-25(31)17-4-8-21-22(10-17)34-15-33-21;1-3-2;1-2/h4-5,8-11,16,19-20H,2-3,6-7,12-15H2,1H3,(H,27,31)(H,28,30);3H2,1-2H3;1-2H3. The van der Waals surface area contributed by atoms with E-state index in [-0.39, 0.29) is 31.2 Å². The molecule has 0 unspecified atom stereocenters. The van der Waals surface area contributed by atoms with Crippen LogP contribution in [0.1, 0.15) is 81.6 Å². The molecule has 0 bridgehead atoms. The Morgan fingerprint density at radius 3 is 2.36 bits per heavy atom. The van der Waals surface area contributed by atoms with Crippen LogP contribution in [-0.2, 0) is 4.79 Å². The fraction of sp³-hybridized carbons (Fsp3) is 0.567. The highest BCUT2D eigenvalue weighted by molar-refractivity contribution is 5.97. The maximum Gasteiger partial charge on any atom is 0.251 e. The lowest BCUT2D eigenvalue weighted by atomic mass is 9.81. The van der Waals surface area contributed by atoms with E-state index < -0.39 is 0 Å². The monoisotopic (exact) mass is 540 g/mol. The topological polar surface area (TPSA) is 102 Å². The molecule has 2 aromatic rings. The average Bonchev–Trinajstić information content (AvgIpc) is 3.43. The Balaban J connectivity index is 0.000000787. The third kappa shape index (κ3) is 8.33. The predicted molar refractivity (Wildman–Crippen MR) is 152 cm³/mol. The second-order valence-corrected chi connectivity index (χ2v) is 9.82. The van der Waals surface area contributed by atoms with Crippen molar-refractivity contribution in [1.29, 1.82) is 0 Å². The van der Waals surface area contributed by atoms with Crippen molar-refractivity contribution < 1.29 is 23.8 Å². The largest absolute Gasteiger partial charge is 0.481 e. The van der Waals surface area contributed by atoms with Gasteiger partial charge >= 0.3 is 0 Å². The van der Waals surface area contributed by atoms with Gasteiger partial charge in [-0.1, -0.05) is 40.2 Å². The number of ether oxygens (including phenoxy) is 3. The van der Waals surface area contributed by atoms with E-state index in [0.29, 0.717) is 34.9 Å². The minimum atomic E-state index is -0.312. The fourth-order valence-corrected chi connectivity index (χ4v) is 5.01. The van der Waals surface area contributed by atoms with E-state index in [9.17, 15) is 9.59 Å². The molecule has 0 spiro atoms. The zero-order chi connectivity index (χ0) is 28.2. The van der Waals surface area contributed by atoms with Crippen molar-refractivity contribution in [3.63, 3.8) is 0 Å². The van der Waals surface area contributed by atoms with Crippen molar-refractivity contribution in [3.05, 3.63) is 47.7 Å². The number of benzene rings is 1. The van der Waals surface area contributed by atoms with Crippen LogP contribution in [0, 0.1) is 0 Å². The first-order valence-electron chi connectivity index (χ1n) is 14.2. The summed E-state index contributed by atoms with van der Waals surface area (Å²) >= 11 is 0. The highest BCUT2D eigenvalue weighted by Crippen LogP contribution is 2.36. The lowest BCUT2D eigenvalue weighted by molar-refractivity contribution is -0.122. The minimum absolute atomic E-state index is 0.0508. The van der Waals surface area contributed by atoms with Crippen molar-refractivity contribution >= 4 is 11.8 Å². The lowest BCUT2D eigenvalue weighted by Crippen LogP contribution is -2.63. The molecule has 2 fully saturated rings. The molecular weight excluding hydrogens is 496 g/mol. The summed E-state index contributed by atoms with van der Waals surface area (Å²) in [5.41, 5.74) is 1.73. The summed E-state index contributed by atoms with van der Waals surface area (Å²) in [6.07, 6.45) is 7.80. The number of rotatable bonds is 7. The first-order valence-corrected chi connectivity index (χ1v) is 14.2. The molecule has 0 radical (unpaired) electrons. The third-order valence-corrected chi connectivity index (χ3v) is 6.97. The molecule has 2 amide bonds. The quantitative estimate of drug-likeness (QED) is 0.532. The summed E-state index contributed by atoms with van der Waals surface area (Å²) in [5, 5.41) is 5.69. The van der Waals surface area contributed by atoms with Crippen LogP contribution in [0.5, 0.6) is 17.4 Å². The molecule has 5 rings (SSSR count). The normalized spacial score (nSPS) is 19.8. The first kappa shape index (κ1) is 30.2. The van der Waals surface area contributed by atoms with Crippen LogP contribution in [0.4, 0.5) is 0 Å². The Morgan fingerprint density at radius 1 is 1.03 bits per heavy atom. The van der Waals surface area contributed by atoms with Crippen molar-refractivity contribution in [2.75, 3.05) is 33.5 Å². The number of amides is 2. The number of nitrogens with zero attached hydrogens (tertiary/aromatic N) is 2. The van der Waals surface area contributed by atoms with Crippen LogP contribution < -0.4 is 24.8 Å². The van der Waals surface area contributed by atoms with E-state index in [2.05, 4.69) is 40.4 Å². The minimum Gasteiger partial charge on any atom is -0.481 e. The number of carbonyl (C=O) groups excluding carboxylic acids is 2. The first-order chi connectivity index (χ1) is 19.0. The molecule has 1 aromatic heterocycles. The second kappa shape index (κ2) is 15.3. The fourth-order valence-electron chi connectivity index (χ4n) is 5.01. The van der Waals surface area contributed by atoms with Gasteiger partial charge in [-0.2, -0.15) is 0 Å². The molecule has 1 aromatic carbocycles. The number of pyridine rings is 1. The summed E-state index contributed by atoms with van der Waals surface area (Å²) in [6, 6.07) is 9.74. The van der Waals surface area contributed by atoms with Gasteiger partial charge in [0.05, 0.1) is 19.7 Å². The summed E-state index contributed by atoms with van der Waals surface area (Å²) in [6.45, 7) is 10.1. The van der Waals surface area contributed by atoms with Crippen LogP contribution in [-0.4, -0.2) is 67.3 Å². The number of hydrogen-bond donors (Lipinski definition) is 2. The number of carbonyl (C=O) groups is 2. The second-order valence-electron chi connectivity index (χ2n) is 9.82. The summed E-state index contributed by atoms with van der Waals surface area (Å²) < 4.78 is 15.7. The maximum atomic E-state index is 12.3. The highest BCUT2D eigenvalue weighted by atomic mass is 16.7. The van der Waals surface area contributed by atoms with Gasteiger partial charge in [0.2, 0.25) is 18.6 Å². The summed E-state index contributed by atoms with van der Waals surface area (Å²) in [4.78, 5) is 31.4. The van der Waals surface area contributed by atoms with E-state index in [0.717, 1.165) is 38.8 Å². The van der Waals surface area contributed by atoms with Crippen LogP contribution in [0.15, 0.2) is 36.5 Å². The Morgan fingerprint density at radius 2 is 1.72 bits per heavy atom. The van der Waals surface area contributed by atoms with E-state index in [1.165, 1.54) is 12.0 Å². The average molecular weight is 541 g/mol. The number of likely N-dealkylation sites (tertiary alicyclic amines) is 1. The summed E-state index contributed by atoms with van der Waals surface area (Å²) in [7, 11) is 1.63. The molecule has 1 aliphatic carbocycles. The molecule has 9 heteroatoms. The van der Waals surface area contributed by atoms with Gasteiger partial charge in [0, 0.05) is 37.0 Å². The van der Waals surface area contributed by atoms with E-state index in [1.54, 1.807) is 25.3 Å². The molecule has 1 saturated carbocycles. The van der Waals surface area contributed by atoms with Crippen LogP contribution in [0.2, 0.25) is 0 Å². The SMILES string of the molecule is CC.CCC.COc1ccc(C2CCC(N3CC(NC(=O)CNC(=O)c4ccc5c(c4)OCO5)C3)CC2)cn1. The molecule has 2 aliphatic heterocycles. The van der Waals surface area contributed by atoms with Crippen LogP contribution in [0.3, 0.4) is 0 Å². The Bertz CT molecular complexity index is 1050. The number of hydrogen-bond acceptors (Lipinski definition) is 7. The molecule has 3 aliphatic rings. The highest BCUT2D eigenvalue weighted by Gasteiger charge is 2.35. The Hall–Kier alpha value is -3.33. The number of methoxy groups -OCH3 is 1. The van der Waals surface area contributed by atoms with Crippen molar-refractivity contribution in [2.24, 2.45) is 0 Å². The van der Waals surface area contributed by atoms with Gasteiger partial charge < -0.3 is 24.8 Å².